The molecule has 9 nitrogen and oxygen atoms in total. The van der Waals surface area contributed by atoms with Gasteiger partial charge in [-0.2, -0.15) is 0 Å². The minimum absolute atomic E-state index is 0.302. The first kappa shape index (κ1) is 23.4. The molecule has 0 spiro atoms. The van der Waals surface area contributed by atoms with Crippen LogP contribution in [0.2, 0.25) is 0 Å². The molecule has 0 fully saturated rings. The Morgan fingerprint density at radius 1 is 1.17 bits per heavy atom. The topological polar surface area (TPSA) is 126 Å². The Kier molecular flexibility index (Phi) is 7.58. The molecule has 0 saturated carbocycles. The molecule has 0 aliphatic heterocycles. The first-order valence-electron chi connectivity index (χ1n) is 9.65. The van der Waals surface area contributed by atoms with Crippen LogP contribution in [0.3, 0.4) is 0 Å². The van der Waals surface area contributed by atoms with E-state index in [2.05, 4.69) is 15.6 Å². The van der Waals surface area contributed by atoms with Gasteiger partial charge in [0.25, 0.3) is 5.91 Å². The summed E-state index contributed by atoms with van der Waals surface area (Å²) < 4.78 is 7.54. The highest BCUT2D eigenvalue weighted by molar-refractivity contribution is 5.97. The molecule has 30 heavy (non-hydrogen) atoms. The van der Waals surface area contributed by atoms with Crippen molar-refractivity contribution in [3.63, 3.8) is 0 Å². The standard InChI is InChI=1S/C21H30N4O5/c1-13(20(28)29)23-19(27)17(21(2,3)4)24-18(26)14-6-8-15(9-7-14)30-12-16-22-10-11-25(16)5/h6-11,13,17,20,28-29H,12H2,1-5H3,(H,23,27)(H,24,26)/t13-,17+/m0/s1. The number of hydrogen-bond acceptors (Lipinski definition) is 6. The molecule has 0 saturated heterocycles. The van der Waals surface area contributed by atoms with Gasteiger partial charge in [-0.3, -0.25) is 9.59 Å². The van der Waals surface area contributed by atoms with E-state index in [-0.39, 0.29) is 0 Å². The number of carbonyl (C=O) groups excluding carboxylic acids is 2. The molecule has 0 bridgehead atoms. The largest absolute Gasteiger partial charge is 0.486 e. The second kappa shape index (κ2) is 9.73. The Hall–Kier alpha value is -2.91. The van der Waals surface area contributed by atoms with Crippen molar-refractivity contribution in [2.45, 2.75) is 52.7 Å². The van der Waals surface area contributed by atoms with E-state index in [1.54, 1.807) is 30.5 Å². The molecule has 9 heteroatoms. The Morgan fingerprint density at radius 3 is 2.30 bits per heavy atom. The quantitative estimate of drug-likeness (QED) is 0.473. The minimum atomic E-state index is -1.69. The highest BCUT2D eigenvalue weighted by Gasteiger charge is 2.34. The summed E-state index contributed by atoms with van der Waals surface area (Å²) in [5.41, 5.74) is -0.220. The fraction of sp³-hybridized carbons (Fsp3) is 0.476. The summed E-state index contributed by atoms with van der Waals surface area (Å²) in [4.78, 5) is 29.4. The van der Waals surface area contributed by atoms with Crippen LogP contribution in [0.25, 0.3) is 0 Å². The Labute approximate surface area is 176 Å². The van der Waals surface area contributed by atoms with Crippen LogP contribution in [-0.2, 0) is 18.4 Å². The van der Waals surface area contributed by atoms with Crippen LogP contribution in [0.4, 0.5) is 0 Å². The normalized spacial score (nSPS) is 13.6. The van der Waals surface area contributed by atoms with Crippen molar-refractivity contribution in [1.82, 2.24) is 20.2 Å². The third-order valence-electron chi connectivity index (χ3n) is 4.63. The summed E-state index contributed by atoms with van der Waals surface area (Å²) in [6.07, 6.45) is 1.83. The van der Waals surface area contributed by atoms with Crippen LogP contribution in [0.5, 0.6) is 5.75 Å². The zero-order valence-electron chi connectivity index (χ0n) is 17.9. The fourth-order valence-corrected chi connectivity index (χ4v) is 2.66. The lowest BCUT2D eigenvalue weighted by Gasteiger charge is -2.31. The predicted octanol–water partition coefficient (Wildman–Crippen LogP) is 0.959. The predicted molar refractivity (Wildman–Crippen MR) is 111 cm³/mol. The Bertz CT molecular complexity index is 855. The van der Waals surface area contributed by atoms with E-state index in [1.807, 2.05) is 38.6 Å². The monoisotopic (exact) mass is 418 g/mol. The fourth-order valence-electron chi connectivity index (χ4n) is 2.66. The van der Waals surface area contributed by atoms with Gasteiger partial charge in [-0.05, 0) is 36.6 Å². The van der Waals surface area contributed by atoms with E-state index in [4.69, 9.17) is 4.74 Å². The molecule has 1 heterocycles. The van der Waals surface area contributed by atoms with Crippen molar-refractivity contribution in [3.8, 4) is 5.75 Å². The van der Waals surface area contributed by atoms with Crippen LogP contribution in [0, 0.1) is 5.41 Å². The van der Waals surface area contributed by atoms with E-state index in [9.17, 15) is 19.8 Å². The molecule has 0 aliphatic carbocycles. The second-order valence-electron chi connectivity index (χ2n) is 8.25. The molecule has 164 valence electrons. The van der Waals surface area contributed by atoms with Gasteiger partial charge in [0.15, 0.2) is 6.29 Å². The smallest absolute Gasteiger partial charge is 0.251 e. The average Bonchev–Trinajstić information content (AvgIpc) is 3.08. The van der Waals surface area contributed by atoms with Crippen molar-refractivity contribution >= 4 is 11.8 Å². The molecule has 4 N–H and O–H groups in total. The van der Waals surface area contributed by atoms with Gasteiger partial charge in [0.1, 0.15) is 24.2 Å². The van der Waals surface area contributed by atoms with E-state index in [1.165, 1.54) is 6.92 Å². The second-order valence-corrected chi connectivity index (χ2v) is 8.25. The zero-order chi connectivity index (χ0) is 22.5. The van der Waals surface area contributed by atoms with Crippen molar-refractivity contribution in [3.05, 3.63) is 48.0 Å². The Morgan fingerprint density at radius 2 is 1.80 bits per heavy atom. The number of imidazole rings is 1. The number of carbonyl (C=O) groups is 2. The number of ether oxygens (including phenoxy) is 1. The lowest BCUT2D eigenvalue weighted by molar-refractivity contribution is -0.130. The van der Waals surface area contributed by atoms with Crippen molar-refractivity contribution < 1.29 is 24.5 Å². The number of aromatic nitrogens is 2. The molecule has 2 amide bonds. The lowest BCUT2D eigenvalue weighted by atomic mass is 9.85. The van der Waals surface area contributed by atoms with Crippen molar-refractivity contribution in [2.24, 2.45) is 12.5 Å². The molecule has 0 radical (unpaired) electrons. The molecule has 2 aromatic rings. The summed E-state index contributed by atoms with van der Waals surface area (Å²) in [6.45, 7) is 7.20. The van der Waals surface area contributed by atoms with E-state index < -0.39 is 35.6 Å². The van der Waals surface area contributed by atoms with Crippen LogP contribution in [0.15, 0.2) is 36.7 Å². The van der Waals surface area contributed by atoms with Gasteiger partial charge in [0.05, 0.1) is 6.04 Å². The maximum absolute atomic E-state index is 12.7. The number of aryl methyl sites for hydroxylation is 1. The highest BCUT2D eigenvalue weighted by Crippen LogP contribution is 2.21. The summed E-state index contributed by atoms with van der Waals surface area (Å²) in [6, 6.07) is 4.84. The number of aliphatic hydroxyl groups is 2. The van der Waals surface area contributed by atoms with Crippen molar-refractivity contribution in [2.75, 3.05) is 0 Å². The van der Waals surface area contributed by atoms with Crippen LogP contribution < -0.4 is 15.4 Å². The van der Waals surface area contributed by atoms with Gasteiger partial charge in [0, 0.05) is 25.0 Å². The first-order chi connectivity index (χ1) is 14.0. The van der Waals surface area contributed by atoms with E-state index in [0.717, 1.165) is 5.82 Å². The lowest BCUT2D eigenvalue weighted by Crippen LogP contribution is -2.56. The molecule has 2 atom stereocenters. The number of rotatable bonds is 8. The van der Waals surface area contributed by atoms with Gasteiger partial charge < -0.3 is 30.2 Å². The van der Waals surface area contributed by atoms with Gasteiger partial charge in [-0.1, -0.05) is 20.8 Å². The zero-order valence-corrected chi connectivity index (χ0v) is 17.9. The molecule has 1 aromatic carbocycles. The van der Waals surface area contributed by atoms with E-state index in [0.29, 0.717) is 17.9 Å². The number of nitrogens with zero attached hydrogens (tertiary/aromatic N) is 2. The molecule has 2 rings (SSSR count). The summed E-state index contributed by atoms with van der Waals surface area (Å²) in [7, 11) is 1.88. The molecular formula is C21H30N4O5. The van der Waals surface area contributed by atoms with Gasteiger partial charge in [-0.15, -0.1) is 0 Å². The third kappa shape index (κ3) is 6.30. The molecule has 1 aromatic heterocycles. The molecular weight excluding hydrogens is 388 g/mol. The van der Waals surface area contributed by atoms with Gasteiger partial charge in [0.2, 0.25) is 5.91 Å². The van der Waals surface area contributed by atoms with Crippen LogP contribution in [0.1, 0.15) is 43.9 Å². The van der Waals surface area contributed by atoms with E-state index >= 15 is 0 Å². The summed E-state index contributed by atoms with van der Waals surface area (Å²) in [5.74, 6) is 0.452. The van der Waals surface area contributed by atoms with Crippen molar-refractivity contribution in [1.29, 1.82) is 0 Å². The highest BCUT2D eigenvalue weighted by atomic mass is 16.5. The molecule has 0 aliphatic rings. The number of nitrogens with one attached hydrogen (secondary N) is 2. The first-order valence-corrected chi connectivity index (χ1v) is 9.65. The average molecular weight is 418 g/mol. The maximum atomic E-state index is 12.7. The third-order valence-corrected chi connectivity index (χ3v) is 4.63. The van der Waals surface area contributed by atoms with Gasteiger partial charge >= 0.3 is 0 Å². The maximum Gasteiger partial charge on any atom is 0.251 e. The molecule has 0 unspecified atom stereocenters. The summed E-state index contributed by atoms with van der Waals surface area (Å²) >= 11 is 0. The SMILES string of the molecule is C[C@H](NC(=O)[C@@H](NC(=O)c1ccc(OCc2nccn2C)cc1)C(C)(C)C)C(O)O. The minimum Gasteiger partial charge on any atom is -0.486 e. The summed E-state index contributed by atoms with van der Waals surface area (Å²) in [5, 5.41) is 23.6. The van der Waals surface area contributed by atoms with Gasteiger partial charge in [-0.25, -0.2) is 4.98 Å². The number of hydrogen-bond donors (Lipinski definition) is 4. The van der Waals surface area contributed by atoms with Crippen LogP contribution in [-0.4, -0.2) is 50.0 Å². The Balaban J connectivity index is 2.02. The number of amides is 2. The number of benzene rings is 1. The number of aliphatic hydroxyl groups excluding tert-OH is 1. The van der Waals surface area contributed by atoms with Crippen LogP contribution >= 0.6 is 0 Å².